The third-order valence-corrected chi connectivity index (χ3v) is 2.77. The molecule has 0 aliphatic rings. The van der Waals surface area contributed by atoms with Gasteiger partial charge in [0.25, 0.3) is 0 Å². The summed E-state index contributed by atoms with van der Waals surface area (Å²) in [4.78, 5) is 4.22. The molecule has 96 valence electrons. The zero-order valence-corrected chi connectivity index (χ0v) is 10.5. The first-order valence-corrected chi connectivity index (χ1v) is 6.01. The predicted molar refractivity (Wildman–Crippen MR) is 66.3 cm³/mol. The Labute approximate surface area is 105 Å². The van der Waals surface area contributed by atoms with Crippen molar-refractivity contribution >= 4 is 0 Å². The summed E-state index contributed by atoms with van der Waals surface area (Å²) in [5.74, 6) is 0.613. The first kappa shape index (κ1) is 12.7. The van der Waals surface area contributed by atoms with E-state index in [0.717, 1.165) is 6.42 Å². The summed E-state index contributed by atoms with van der Waals surface area (Å²) >= 11 is 0. The summed E-state index contributed by atoms with van der Waals surface area (Å²) in [5, 5.41) is 7.09. The van der Waals surface area contributed by atoms with Crippen molar-refractivity contribution in [3.05, 3.63) is 36.0 Å². The van der Waals surface area contributed by atoms with Crippen LogP contribution in [0.5, 0.6) is 0 Å². The van der Waals surface area contributed by atoms with E-state index in [9.17, 15) is 4.39 Å². The highest BCUT2D eigenvalue weighted by Gasteiger charge is 2.09. The zero-order valence-electron chi connectivity index (χ0n) is 10.5. The lowest BCUT2D eigenvalue weighted by Gasteiger charge is -2.07. The van der Waals surface area contributed by atoms with Gasteiger partial charge in [-0.1, -0.05) is 24.2 Å². The quantitative estimate of drug-likeness (QED) is 0.885. The van der Waals surface area contributed by atoms with E-state index in [4.69, 9.17) is 4.52 Å². The second-order valence-corrected chi connectivity index (χ2v) is 4.21. The minimum Gasteiger partial charge on any atom is -0.338 e. The topological polar surface area (TPSA) is 51.0 Å². The number of benzene rings is 1. The molecule has 1 aromatic carbocycles. The van der Waals surface area contributed by atoms with Crippen LogP contribution in [0.15, 0.2) is 28.8 Å². The molecule has 1 unspecified atom stereocenters. The van der Waals surface area contributed by atoms with Gasteiger partial charge in [0.2, 0.25) is 11.7 Å². The molecule has 0 spiro atoms. The molecule has 1 heterocycles. The van der Waals surface area contributed by atoms with Crippen LogP contribution in [-0.2, 0) is 6.54 Å². The molecule has 2 rings (SSSR count). The van der Waals surface area contributed by atoms with Crippen molar-refractivity contribution in [2.24, 2.45) is 0 Å². The molecule has 0 aliphatic heterocycles. The molecule has 1 aromatic heterocycles. The third-order valence-electron chi connectivity index (χ3n) is 2.77. The number of nitrogens with one attached hydrogen (secondary N) is 1. The Morgan fingerprint density at radius 1 is 1.44 bits per heavy atom. The van der Waals surface area contributed by atoms with Crippen molar-refractivity contribution < 1.29 is 8.91 Å². The Balaban J connectivity index is 2.06. The highest BCUT2D eigenvalue weighted by molar-refractivity contribution is 5.53. The molecule has 0 fully saturated rings. The fourth-order valence-electron chi connectivity index (χ4n) is 1.48. The lowest BCUT2D eigenvalue weighted by Crippen LogP contribution is -2.24. The Hall–Kier alpha value is -1.75. The molecule has 4 nitrogen and oxygen atoms in total. The number of halogens is 1. The molecule has 1 atom stereocenters. The predicted octanol–water partition coefficient (Wildman–Crippen LogP) is 2.76. The fourth-order valence-corrected chi connectivity index (χ4v) is 1.48. The van der Waals surface area contributed by atoms with Crippen molar-refractivity contribution in [2.75, 3.05) is 0 Å². The van der Waals surface area contributed by atoms with E-state index in [-0.39, 0.29) is 5.82 Å². The van der Waals surface area contributed by atoms with Crippen LogP contribution in [0.2, 0.25) is 0 Å². The zero-order chi connectivity index (χ0) is 13.0. The lowest BCUT2D eigenvalue weighted by atomic mass is 10.2. The van der Waals surface area contributed by atoms with Crippen LogP contribution >= 0.6 is 0 Å². The van der Waals surface area contributed by atoms with Crippen LogP contribution in [0.1, 0.15) is 26.2 Å². The third kappa shape index (κ3) is 3.13. The molecule has 0 amide bonds. The Bertz CT molecular complexity index is 512. The van der Waals surface area contributed by atoms with Gasteiger partial charge in [0, 0.05) is 11.6 Å². The van der Waals surface area contributed by atoms with Crippen molar-refractivity contribution in [3.63, 3.8) is 0 Å². The molecule has 0 saturated carbocycles. The van der Waals surface area contributed by atoms with Gasteiger partial charge < -0.3 is 9.84 Å². The van der Waals surface area contributed by atoms with E-state index in [2.05, 4.69) is 29.3 Å². The van der Waals surface area contributed by atoms with Gasteiger partial charge >= 0.3 is 0 Å². The average molecular weight is 249 g/mol. The number of nitrogens with zero attached hydrogens (tertiary/aromatic N) is 2. The summed E-state index contributed by atoms with van der Waals surface area (Å²) in [6.07, 6.45) is 1.03. The second kappa shape index (κ2) is 5.73. The van der Waals surface area contributed by atoms with Crippen molar-refractivity contribution in [1.82, 2.24) is 15.5 Å². The monoisotopic (exact) mass is 249 g/mol. The maximum absolute atomic E-state index is 13.1. The first-order valence-electron chi connectivity index (χ1n) is 6.01. The number of hydrogen-bond acceptors (Lipinski definition) is 4. The van der Waals surface area contributed by atoms with Crippen LogP contribution in [0.4, 0.5) is 4.39 Å². The van der Waals surface area contributed by atoms with Crippen LogP contribution in [-0.4, -0.2) is 16.2 Å². The molecule has 1 N–H and O–H groups in total. The van der Waals surface area contributed by atoms with E-state index >= 15 is 0 Å². The Kier molecular flexibility index (Phi) is 4.04. The number of aromatic nitrogens is 2. The van der Waals surface area contributed by atoms with Gasteiger partial charge in [-0.15, -0.1) is 0 Å². The molecule has 0 saturated heterocycles. The van der Waals surface area contributed by atoms with Gasteiger partial charge in [-0.05, 0) is 25.5 Å². The molecule has 2 aromatic rings. The second-order valence-electron chi connectivity index (χ2n) is 4.21. The SMILES string of the molecule is CCC(C)NCc1nc(-c2cccc(F)c2)no1. The van der Waals surface area contributed by atoms with Gasteiger partial charge in [0.1, 0.15) is 5.82 Å². The molecule has 5 heteroatoms. The van der Waals surface area contributed by atoms with Gasteiger partial charge in [-0.3, -0.25) is 0 Å². The smallest absolute Gasteiger partial charge is 0.240 e. The first-order chi connectivity index (χ1) is 8.69. The standard InChI is InChI=1S/C13H16FN3O/c1-3-9(2)15-8-12-16-13(17-18-12)10-5-4-6-11(14)7-10/h4-7,9,15H,3,8H2,1-2H3. The Morgan fingerprint density at radius 3 is 3.00 bits per heavy atom. The van der Waals surface area contributed by atoms with Crippen molar-refractivity contribution in [2.45, 2.75) is 32.9 Å². The van der Waals surface area contributed by atoms with Crippen LogP contribution < -0.4 is 5.32 Å². The highest BCUT2D eigenvalue weighted by Crippen LogP contribution is 2.16. The minimum atomic E-state index is -0.309. The highest BCUT2D eigenvalue weighted by atomic mass is 19.1. The minimum absolute atomic E-state index is 0.309. The molecular weight excluding hydrogens is 233 g/mol. The van der Waals surface area contributed by atoms with Crippen molar-refractivity contribution in [3.8, 4) is 11.4 Å². The summed E-state index contributed by atoms with van der Waals surface area (Å²) in [6.45, 7) is 4.71. The van der Waals surface area contributed by atoms with Crippen molar-refractivity contribution in [1.29, 1.82) is 0 Å². The number of rotatable bonds is 5. The average Bonchev–Trinajstić information content (AvgIpc) is 2.84. The summed E-state index contributed by atoms with van der Waals surface area (Å²) in [7, 11) is 0. The largest absolute Gasteiger partial charge is 0.338 e. The molecule has 0 aliphatic carbocycles. The van der Waals surface area contributed by atoms with E-state index in [1.807, 2.05) is 0 Å². The van der Waals surface area contributed by atoms with E-state index in [1.54, 1.807) is 12.1 Å². The summed E-state index contributed by atoms with van der Waals surface area (Å²) in [5.41, 5.74) is 0.619. The van der Waals surface area contributed by atoms with Gasteiger partial charge in [0.15, 0.2) is 0 Å². The fraction of sp³-hybridized carbons (Fsp3) is 0.385. The molecule has 0 bridgehead atoms. The van der Waals surface area contributed by atoms with E-state index in [0.29, 0.717) is 29.9 Å². The van der Waals surface area contributed by atoms with E-state index in [1.165, 1.54) is 12.1 Å². The molecular formula is C13H16FN3O. The van der Waals surface area contributed by atoms with E-state index < -0.39 is 0 Å². The van der Waals surface area contributed by atoms with Gasteiger partial charge in [-0.25, -0.2) is 4.39 Å². The normalized spacial score (nSPS) is 12.6. The molecule has 0 radical (unpaired) electrons. The summed E-state index contributed by atoms with van der Waals surface area (Å²) < 4.78 is 18.2. The Morgan fingerprint density at radius 2 is 2.28 bits per heavy atom. The van der Waals surface area contributed by atoms with Gasteiger partial charge in [-0.2, -0.15) is 4.98 Å². The number of hydrogen-bond donors (Lipinski definition) is 1. The maximum atomic E-state index is 13.1. The lowest BCUT2D eigenvalue weighted by molar-refractivity contribution is 0.358. The van der Waals surface area contributed by atoms with Crippen LogP contribution in [0.25, 0.3) is 11.4 Å². The molecule has 18 heavy (non-hydrogen) atoms. The van der Waals surface area contributed by atoms with Gasteiger partial charge in [0.05, 0.1) is 6.54 Å². The summed E-state index contributed by atoms with van der Waals surface area (Å²) in [6, 6.07) is 6.54. The van der Waals surface area contributed by atoms with Crippen LogP contribution in [0.3, 0.4) is 0 Å². The maximum Gasteiger partial charge on any atom is 0.240 e. The van der Waals surface area contributed by atoms with Crippen LogP contribution in [0, 0.1) is 5.82 Å².